The van der Waals surface area contributed by atoms with Gasteiger partial charge >= 0.3 is 0 Å². The number of amides is 1. The van der Waals surface area contributed by atoms with Crippen LogP contribution in [0.5, 0.6) is 5.75 Å². The highest BCUT2D eigenvalue weighted by Crippen LogP contribution is 2.33. The molecule has 2 N–H and O–H groups in total. The van der Waals surface area contributed by atoms with Gasteiger partial charge in [0.2, 0.25) is 0 Å². The van der Waals surface area contributed by atoms with Crippen molar-refractivity contribution in [2.24, 2.45) is 0 Å². The summed E-state index contributed by atoms with van der Waals surface area (Å²) in [7, 11) is 1.59. The third-order valence-electron chi connectivity index (χ3n) is 4.27. The van der Waals surface area contributed by atoms with Gasteiger partial charge in [0.25, 0.3) is 5.91 Å². The summed E-state index contributed by atoms with van der Waals surface area (Å²) in [5.74, 6) is 0.408. The average molecular weight is 376 g/mol. The number of carbonyl (C=O) groups is 1. The van der Waals surface area contributed by atoms with Crippen molar-refractivity contribution in [3.8, 4) is 5.75 Å². The summed E-state index contributed by atoms with van der Waals surface area (Å²) in [6.45, 7) is 3.19. The van der Waals surface area contributed by atoms with Crippen LogP contribution in [0.15, 0.2) is 30.5 Å². The predicted molar refractivity (Wildman–Crippen MR) is 102 cm³/mol. The van der Waals surface area contributed by atoms with E-state index in [2.05, 4.69) is 15.6 Å². The van der Waals surface area contributed by atoms with Crippen LogP contribution in [0.4, 0.5) is 11.4 Å². The molecule has 1 aliphatic heterocycles. The van der Waals surface area contributed by atoms with Gasteiger partial charge in [0.15, 0.2) is 0 Å². The topological polar surface area (TPSA) is 72.5 Å². The van der Waals surface area contributed by atoms with E-state index in [9.17, 15) is 4.79 Å². The fourth-order valence-corrected chi connectivity index (χ4v) is 2.97. The first-order chi connectivity index (χ1) is 12.6. The van der Waals surface area contributed by atoms with Crippen molar-refractivity contribution in [2.45, 2.75) is 25.9 Å². The van der Waals surface area contributed by atoms with Crippen LogP contribution in [0.2, 0.25) is 5.02 Å². The molecule has 0 saturated carbocycles. The molecule has 1 aromatic carbocycles. The molecular weight excluding hydrogens is 354 g/mol. The number of ether oxygens (including phenoxy) is 2. The van der Waals surface area contributed by atoms with Crippen LogP contribution < -0.4 is 15.4 Å². The van der Waals surface area contributed by atoms with Gasteiger partial charge in [0, 0.05) is 36.1 Å². The maximum Gasteiger partial charge on any atom is 0.270 e. The molecule has 6 nitrogen and oxygen atoms in total. The molecule has 1 amide bonds. The van der Waals surface area contributed by atoms with Gasteiger partial charge in [-0.1, -0.05) is 11.6 Å². The molecule has 1 fully saturated rings. The maximum absolute atomic E-state index is 12.3. The Kier molecular flexibility index (Phi) is 5.96. The predicted octanol–water partition coefficient (Wildman–Crippen LogP) is 3.70. The Morgan fingerprint density at radius 2 is 2.27 bits per heavy atom. The maximum atomic E-state index is 12.3. The highest BCUT2D eigenvalue weighted by Gasteiger charge is 2.17. The fraction of sp³-hybridized carbons (Fsp3) is 0.368. The molecule has 1 aromatic heterocycles. The van der Waals surface area contributed by atoms with Gasteiger partial charge in [-0.3, -0.25) is 9.78 Å². The third kappa shape index (κ3) is 4.45. The van der Waals surface area contributed by atoms with Gasteiger partial charge in [-0.15, -0.1) is 0 Å². The molecule has 1 saturated heterocycles. The number of carbonyl (C=O) groups excluding carboxylic acids is 1. The zero-order valence-electron chi connectivity index (χ0n) is 14.8. The van der Waals surface area contributed by atoms with Crippen LogP contribution in [0.3, 0.4) is 0 Å². The van der Waals surface area contributed by atoms with E-state index in [0.717, 1.165) is 36.4 Å². The molecule has 0 spiro atoms. The molecule has 1 aliphatic rings. The second kappa shape index (κ2) is 8.38. The number of aromatic nitrogens is 1. The molecule has 1 unspecified atom stereocenters. The van der Waals surface area contributed by atoms with E-state index < -0.39 is 0 Å². The Morgan fingerprint density at radius 1 is 1.42 bits per heavy atom. The highest BCUT2D eigenvalue weighted by molar-refractivity contribution is 6.31. The Labute approximate surface area is 157 Å². The zero-order chi connectivity index (χ0) is 18.5. The van der Waals surface area contributed by atoms with Gasteiger partial charge < -0.3 is 20.1 Å². The first-order valence-electron chi connectivity index (χ1n) is 8.54. The number of pyridine rings is 1. The fourth-order valence-electron chi connectivity index (χ4n) is 2.82. The molecular formula is C19H22ClN3O3. The number of halogens is 1. The summed E-state index contributed by atoms with van der Waals surface area (Å²) < 4.78 is 10.9. The molecule has 0 aliphatic carbocycles. The molecule has 138 valence electrons. The van der Waals surface area contributed by atoms with E-state index in [-0.39, 0.29) is 12.0 Å². The number of methoxy groups -OCH3 is 1. The molecule has 26 heavy (non-hydrogen) atoms. The van der Waals surface area contributed by atoms with Crippen LogP contribution in [0, 0.1) is 6.92 Å². The van der Waals surface area contributed by atoms with Gasteiger partial charge in [-0.25, -0.2) is 0 Å². The minimum atomic E-state index is -0.219. The summed E-state index contributed by atoms with van der Waals surface area (Å²) in [5.41, 5.74) is 2.78. The normalized spacial score (nSPS) is 16.3. The van der Waals surface area contributed by atoms with Gasteiger partial charge in [0.1, 0.15) is 11.4 Å². The molecule has 7 heteroatoms. The Balaban J connectivity index is 1.71. The number of hydrogen-bond acceptors (Lipinski definition) is 5. The molecule has 0 bridgehead atoms. The van der Waals surface area contributed by atoms with E-state index in [4.69, 9.17) is 21.1 Å². The van der Waals surface area contributed by atoms with Gasteiger partial charge in [0.05, 0.1) is 18.9 Å². The lowest BCUT2D eigenvalue weighted by molar-refractivity contribution is 0.0854. The van der Waals surface area contributed by atoms with E-state index in [1.807, 2.05) is 13.0 Å². The SMILES string of the molecule is COc1cc(Cl)c(C)cc1Nc1ccnc(C(=O)NCC2CCCO2)c1. The summed E-state index contributed by atoms with van der Waals surface area (Å²) in [5, 5.41) is 6.77. The highest BCUT2D eigenvalue weighted by atomic mass is 35.5. The van der Waals surface area contributed by atoms with Crippen molar-refractivity contribution in [3.63, 3.8) is 0 Å². The van der Waals surface area contributed by atoms with Crippen molar-refractivity contribution in [2.75, 3.05) is 25.6 Å². The van der Waals surface area contributed by atoms with Crippen LogP contribution in [-0.4, -0.2) is 37.3 Å². The molecule has 0 radical (unpaired) electrons. The van der Waals surface area contributed by atoms with Crippen LogP contribution in [0.1, 0.15) is 28.9 Å². The van der Waals surface area contributed by atoms with Gasteiger partial charge in [-0.2, -0.15) is 0 Å². The summed E-state index contributed by atoms with van der Waals surface area (Å²) in [6, 6.07) is 7.16. The zero-order valence-corrected chi connectivity index (χ0v) is 15.6. The second-order valence-electron chi connectivity index (χ2n) is 6.20. The number of aryl methyl sites for hydroxylation is 1. The van der Waals surface area contributed by atoms with Crippen LogP contribution >= 0.6 is 11.6 Å². The number of hydrogen-bond donors (Lipinski definition) is 2. The standard InChI is InChI=1S/C19H22ClN3O3/c1-12-8-16(18(25-2)10-15(12)20)23-13-5-6-21-17(9-13)19(24)22-11-14-4-3-7-26-14/h5-6,8-10,14H,3-4,7,11H2,1-2H3,(H,21,23)(H,22,24). The van der Waals surface area contributed by atoms with Crippen LogP contribution in [0.25, 0.3) is 0 Å². The summed E-state index contributed by atoms with van der Waals surface area (Å²) in [4.78, 5) is 16.5. The van der Waals surface area contributed by atoms with Crippen molar-refractivity contribution >= 4 is 28.9 Å². The molecule has 2 aromatic rings. The second-order valence-corrected chi connectivity index (χ2v) is 6.61. The first-order valence-corrected chi connectivity index (χ1v) is 8.91. The number of rotatable bonds is 6. The van der Waals surface area contributed by atoms with Crippen molar-refractivity contribution < 1.29 is 14.3 Å². The van der Waals surface area contributed by atoms with Crippen molar-refractivity contribution in [1.82, 2.24) is 10.3 Å². The van der Waals surface area contributed by atoms with E-state index in [1.54, 1.807) is 31.5 Å². The average Bonchev–Trinajstić information content (AvgIpc) is 3.16. The van der Waals surface area contributed by atoms with E-state index in [1.165, 1.54) is 0 Å². The van der Waals surface area contributed by atoms with Crippen molar-refractivity contribution in [1.29, 1.82) is 0 Å². The smallest absolute Gasteiger partial charge is 0.270 e. The lowest BCUT2D eigenvalue weighted by Gasteiger charge is -2.14. The Bertz CT molecular complexity index is 792. The summed E-state index contributed by atoms with van der Waals surface area (Å²) in [6.07, 6.45) is 3.71. The van der Waals surface area contributed by atoms with Gasteiger partial charge in [-0.05, 0) is 43.5 Å². The monoisotopic (exact) mass is 375 g/mol. The minimum absolute atomic E-state index is 0.0987. The summed E-state index contributed by atoms with van der Waals surface area (Å²) >= 11 is 6.14. The number of benzene rings is 1. The third-order valence-corrected chi connectivity index (χ3v) is 4.67. The molecule has 1 atom stereocenters. The molecule has 3 rings (SSSR count). The van der Waals surface area contributed by atoms with E-state index in [0.29, 0.717) is 23.0 Å². The van der Waals surface area contributed by atoms with Crippen molar-refractivity contribution in [3.05, 3.63) is 46.7 Å². The molecule has 2 heterocycles. The van der Waals surface area contributed by atoms with Crippen LogP contribution in [-0.2, 0) is 4.74 Å². The number of nitrogens with zero attached hydrogens (tertiary/aromatic N) is 1. The minimum Gasteiger partial charge on any atom is -0.495 e. The number of nitrogens with one attached hydrogen (secondary N) is 2. The van der Waals surface area contributed by atoms with E-state index >= 15 is 0 Å². The Hall–Kier alpha value is -2.31. The first kappa shape index (κ1) is 18.5. The number of anilines is 2. The lowest BCUT2D eigenvalue weighted by atomic mass is 10.2. The lowest BCUT2D eigenvalue weighted by Crippen LogP contribution is -2.32. The largest absolute Gasteiger partial charge is 0.495 e. The Morgan fingerprint density at radius 3 is 3.00 bits per heavy atom. The quantitative estimate of drug-likeness (QED) is 0.805.